The van der Waals surface area contributed by atoms with Gasteiger partial charge in [0.25, 0.3) is 5.91 Å². The van der Waals surface area contributed by atoms with Gasteiger partial charge in [-0.15, -0.1) is 0 Å². The number of benzene rings is 2. The molecule has 20 heavy (non-hydrogen) atoms. The maximum atomic E-state index is 13.3. The van der Waals surface area contributed by atoms with Gasteiger partial charge in [0.1, 0.15) is 11.6 Å². The SMILES string of the molecule is NC(=O)COc1ccc(F)cc1C(=O)c1ccccc1. The molecular formula is C15H12FNO3. The normalized spacial score (nSPS) is 10.1. The van der Waals surface area contributed by atoms with Crippen molar-refractivity contribution in [3.8, 4) is 5.75 Å². The molecule has 0 saturated heterocycles. The first kappa shape index (κ1) is 13.7. The Labute approximate surface area is 115 Å². The molecule has 0 saturated carbocycles. The van der Waals surface area contributed by atoms with Crippen LogP contribution < -0.4 is 10.5 Å². The fourth-order valence-electron chi connectivity index (χ4n) is 1.70. The Bertz CT molecular complexity index is 641. The Morgan fingerprint density at radius 3 is 2.45 bits per heavy atom. The van der Waals surface area contributed by atoms with E-state index in [-0.39, 0.29) is 23.7 Å². The number of ether oxygens (including phenoxy) is 1. The molecule has 0 spiro atoms. The van der Waals surface area contributed by atoms with E-state index in [4.69, 9.17) is 10.5 Å². The highest BCUT2D eigenvalue weighted by atomic mass is 19.1. The average Bonchev–Trinajstić information content (AvgIpc) is 2.46. The molecule has 0 heterocycles. The van der Waals surface area contributed by atoms with Crippen LogP contribution in [0.3, 0.4) is 0 Å². The number of rotatable bonds is 5. The predicted octanol–water partition coefficient (Wildman–Crippen LogP) is 1.92. The van der Waals surface area contributed by atoms with Crippen LogP contribution in [-0.4, -0.2) is 18.3 Å². The van der Waals surface area contributed by atoms with Crippen LogP contribution in [-0.2, 0) is 4.79 Å². The van der Waals surface area contributed by atoms with Gasteiger partial charge in [-0.3, -0.25) is 9.59 Å². The summed E-state index contributed by atoms with van der Waals surface area (Å²) in [6.45, 7) is -0.374. The molecule has 0 radical (unpaired) electrons. The van der Waals surface area contributed by atoms with Gasteiger partial charge in [0.2, 0.25) is 0 Å². The summed E-state index contributed by atoms with van der Waals surface area (Å²) in [5.74, 6) is -1.49. The second-order valence-corrected chi connectivity index (χ2v) is 4.09. The van der Waals surface area contributed by atoms with Crippen LogP contribution in [0.25, 0.3) is 0 Å². The number of carbonyl (C=O) groups is 2. The first-order chi connectivity index (χ1) is 9.58. The summed E-state index contributed by atoms with van der Waals surface area (Å²) in [7, 11) is 0. The zero-order valence-corrected chi connectivity index (χ0v) is 10.5. The third-order valence-electron chi connectivity index (χ3n) is 2.59. The van der Waals surface area contributed by atoms with Gasteiger partial charge in [-0.25, -0.2) is 4.39 Å². The fourth-order valence-corrected chi connectivity index (χ4v) is 1.70. The van der Waals surface area contributed by atoms with Gasteiger partial charge in [0.05, 0.1) is 5.56 Å². The van der Waals surface area contributed by atoms with Crippen molar-refractivity contribution in [2.24, 2.45) is 5.73 Å². The highest BCUT2D eigenvalue weighted by Gasteiger charge is 2.16. The maximum Gasteiger partial charge on any atom is 0.255 e. The van der Waals surface area contributed by atoms with Crippen LogP contribution in [0.4, 0.5) is 4.39 Å². The Balaban J connectivity index is 2.36. The molecule has 2 aromatic carbocycles. The Morgan fingerprint density at radius 1 is 1.10 bits per heavy atom. The molecule has 2 rings (SSSR count). The third-order valence-corrected chi connectivity index (χ3v) is 2.59. The van der Waals surface area contributed by atoms with Gasteiger partial charge in [-0.05, 0) is 18.2 Å². The number of ketones is 1. The summed E-state index contributed by atoms with van der Waals surface area (Å²) >= 11 is 0. The molecule has 2 N–H and O–H groups in total. The molecule has 0 atom stereocenters. The van der Waals surface area contributed by atoms with E-state index in [1.54, 1.807) is 30.3 Å². The largest absolute Gasteiger partial charge is 0.483 e. The minimum absolute atomic E-state index is 0.0532. The molecule has 0 aromatic heterocycles. The molecule has 0 aliphatic rings. The lowest BCUT2D eigenvalue weighted by atomic mass is 10.0. The molecule has 102 valence electrons. The lowest BCUT2D eigenvalue weighted by Crippen LogP contribution is -2.21. The number of hydrogen-bond acceptors (Lipinski definition) is 3. The second-order valence-electron chi connectivity index (χ2n) is 4.09. The van der Waals surface area contributed by atoms with Crippen LogP contribution in [0.1, 0.15) is 15.9 Å². The molecule has 0 bridgehead atoms. The van der Waals surface area contributed by atoms with Gasteiger partial charge in [-0.1, -0.05) is 30.3 Å². The second kappa shape index (κ2) is 5.97. The minimum atomic E-state index is -0.674. The molecular weight excluding hydrogens is 261 g/mol. The quantitative estimate of drug-likeness (QED) is 0.846. The number of halogens is 1. The van der Waals surface area contributed by atoms with Crippen LogP contribution in [0.5, 0.6) is 5.75 Å². The Kier molecular flexibility index (Phi) is 4.10. The van der Waals surface area contributed by atoms with E-state index in [0.717, 1.165) is 12.1 Å². The van der Waals surface area contributed by atoms with E-state index in [1.807, 2.05) is 0 Å². The van der Waals surface area contributed by atoms with Gasteiger partial charge in [-0.2, -0.15) is 0 Å². The minimum Gasteiger partial charge on any atom is -0.483 e. The number of nitrogens with two attached hydrogens (primary N) is 1. The van der Waals surface area contributed by atoms with Crippen molar-refractivity contribution >= 4 is 11.7 Å². The molecule has 4 nitrogen and oxygen atoms in total. The van der Waals surface area contributed by atoms with Crippen molar-refractivity contribution in [3.63, 3.8) is 0 Å². The standard InChI is InChI=1S/C15H12FNO3/c16-11-6-7-13(20-9-14(17)18)12(8-11)15(19)10-4-2-1-3-5-10/h1-8H,9H2,(H2,17,18). The zero-order valence-electron chi connectivity index (χ0n) is 10.5. The summed E-state index contributed by atoms with van der Waals surface area (Å²) in [5.41, 5.74) is 5.44. The molecule has 2 aromatic rings. The topological polar surface area (TPSA) is 69.4 Å². The van der Waals surface area contributed by atoms with E-state index < -0.39 is 11.7 Å². The van der Waals surface area contributed by atoms with E-state index in [0.29, 0.717) is 5.56 Å². The van der Waals surface area contributed by atoms with Gasteiger partial charge in [0.15, 0.2) is 12.4 Å². The zero-order chi connectivity index (χ0) is 14.5. The smallest absolute Gasteiger partial charge is 0.255 e. The number of hydrogen-bond donors (Lipinski definition) is 1. The predicted molar refractivity (Wildman–Crippen MR) is 71.0 cm³/mol. The number of carbonyl (C=O) groups excluding carboxylic acids is 2. The molecule has 0 aliphatic heterocycles. The average molecular weight is 273 g/mol. The maximum absolute atomic E-state index is 13.3. The lowest BCUT2D eigenvalue weighted by Gasteiger charge is -2.09. The van der Waals surface area contributed by atoms with Crippen LogP contribution >= 0.6 is 0 Å². The van der Waals surface area contributed by atoms with Crippen molar-refractivity contribution in [2.45, 2.75) is 0 Å². The molecule has 0 fully saturated rings. The van der Waals surface area contributed by atoms with Crippen molar-refractivity contribution in [2.75, 3.05) is 6.61 Å². The first-order valence-corrected chi connectivity index (χ1v) is 5.88. The molecule has 5 heteroatoms. The van der Waals surface area contributed by atoms with Crippen molar-refractivity contribution < 1.29 is 18.7 Å². The summed E-state index contributed by atoms with van der Waals surface area (Å²) in [6.07, 6.45) is 0. The monoisotopic (exact) mass is 273 g/mol. The van der Waals surface area contributed by atoms with E-state index in [9.17, 15) is 14.0 Å². The van der Waals surface area contributed by atoms with Crippen molar-refractivity contribution in [1.82, 2.24) is 0 Å². The van der Waals surface area contributed by atoms with Crippen molar-refractivity contribution in [3.05, 3.63) is 65.5 Å². The highest BCUT2D eigenvalue weighted by molar-refractivity contribution is 6.10. The number of primary amides is 1. The fraction of sp³-hybridized carbons (Fsp3) is 0.0667. The van der Waals surface area contributed by atoms with Crippen LogP contribution in [0, 0.1) is 5.82 Å². The van der Waals surface area contributed by atoms with Crippen molar-refractivity contribution in [1.29, 1.82) is 0 Å². The summed E-state index contributed by atoms with van der Waals surface area (Å²) < 4.78 is 18.5. The van der Waals surface area contributed by atoms with Crippen LogP contribution in [0.2, 0.25) is 0 Å². The highest BCUT2D eigenvalue weighted by Crippen LogP contribution is 2.23. The number of amides is 1. The lowest BCUT2D eigenvalue weighted by molar-refractivity contribution is -0.119. The first-order valence-electron chi connectivity index (χ1n) is 5.88. The summed E-state index contributed by atoms with van der Waals surface area (Å²) in [4.78, 5) is 23.0. The third kappa shape index (κ3) is 3.20. The molecule has 0 unspecified atom stereocenters. The summed E-state index contributed by atoms with van der Waals surface area (Å²) in [5, 5.41) is 0. The van der Waals surface area contributed by atoms with E-state index in [1.165, 1.54) is 6.07 Å². The summed E-state index contributed by atoms with van der Waals surface area (Å²) in [6, 6.07) is 11.9. The van der Waals surface area contributed by atoms with Gasteiger partial charge >= 0.3 is 0 Å². The van der Waals surface area contributed by atoms with E-state index >= 15 is 0 Å². The molecule has 1 amide bonds. The Morgan fingerprint density at radius 2 is 1.80 bits per heavy atom. The van der Waals surface area contributed by atoms with Crippen LogP contribution in [0.15, 0.2) is 48.5 Å². The van der Waals surface area contributed by atoms with Gasteiger partial charge < -0.3 is 10.5 Å². The van der Waals surface area contributed by atoms with Gasteiger partial charge in [0, 0.05) is 5.56 Å². The van der Waals surface area contributed by atoms with E-state index in [2.05, 4.69) is 0 Å². The molecule has 0 aliphatic carbocycles. The Hall–Kier alpha value is -2.69.